The van der Waals surface area contributed by atoms with E-state index in [0.29, 0.717) is 22.6 Å². The van der Waals surface area contributed by atoms with Gasteiger partial charge in [-0.1, -0.05) is 66.6 Å². The number of amides is 3. The number of aromatic nitrogens is 2. The van der Waals surface area contributed by atoms with E-state index in [1.165, 1.54) is 0 Å². The first-order valence-electron chi connectivity index (χ1n) is 10.8. The molecule has 1 heterocycles. The molecule has 0 radical (unpaired) electrons. The first-order valence-corrected chi connectivity index (χ1v) is 11.8. The average Bonchev–Trinajstić information content (AvgIpc) is 3.28. The van der Waals surface area contributed by atoms with Crippen molar-refractivity contribution in [3.63, 3.8) is 0 Å². The van der Waals surface area contributed by atoms with E-state index in [0.717, 1.165) is 48.6 Å². The van der Waals surface area contributed by atoms with Crippen molar-refractivity contribution in [2.45, 2.75) is 50.4 Å². The molecule has 0 unspecified atom stereocenters. The molecule has 0 spiro atoms. The zero-order chi connectivity index (χ0) is 22.5. The number of nitrogens with zero attached hydrogens (tertiary/aromatic N) is 2. The maximum atomic E-state index is 13.2. The van der Waals surface area contributed by atoms with E-state index in [4.69, 9.17) is 0 Å². The van der Waals surface area contributed by atoms with Gasteiger partial charge < -0.3 is 5.32 Å². The summed E-state index contributed by atoms with van der Waals surface area (Å²) >= 11 is 1.15. The standard InChI is InChI=1S/C24H26N4O3S/c1-16-10-12-17(13-11-16)14-28-22(30)19-8-4-5-9-20(19)26-24(28)32-15-21(29)27-23(31)25-18-6-2-3-7-18/h4-5,8-13,18H,2-3,6-7,14-15H2,1H3,(H2,25,27,29,31). The number of benzene rings is 2. The summed E-state index contributed by atoms with van der Waals surface area (Å²) in [6, 6.07) is 14.8. The normalized spacial score (nSPS) is 13.9. The topological polar surface area (TPSA) is 93.1 Å². The van der Waals surface area contributed by atoms with Crippen LogP contribution in [0.15, 0.2) is 58.5 Å². The zero-order valence-electron chi connectivity index (χ0n) is 18.0. The third-order valence-electron chi connectivity index (χ3n) is 5.56. The van der Waals surface area contributed by atoms with Gasteiger partial charge >= 0.3 is 6.03 Å². The van der Waals surface area contributed by atoms with Crippen LogP contribution in [0.3, 0.4) is 0 Å². The fourth-order valence-electron chi connectivity index (χ4n) is 3.86. The number of nitrogens with one attached hydrogen (secondary N) is 2. The Hall–Kier alpha value is -3.13. The fourth-order valence-corrected chi connectivity index (χ4v) is 4.66. The van der Waals surface area contributed by atoms with Crippen LogP contribution >= 0.6 is 11.8 Å². The summed E-state index contributed by atoms with van der Waals surface area (Å²) in [5, 5.41) is 6.19. The summed E-state index contributed by atoms with van der Waals surface area (Å²) in [7, 11) is 0. The minimum absolute atomic E-state index is 0.0171. The monoisotopic (exact) mass is 450 g/mol. The van der Waals surface area contributed by atoms with Gasteiger partial charge in [0, 0.05) is 6.04 Å². The highest BCUT2D eigenvalue weighted by Crippen LogP contribution is 2.20. The van der Waals surface area contributed by atoms with Crippen molar-refractivity contribution in [2.24, 2.45) is 0 Å². The van der Waals surface area contributed by atoms with Gasteiger partial charge in [0.1, 0.15) is 0 Å². The lowest BCUT2D eigenvalue weighted by molar-refractivity contribution is -0.117. The summed E-state index contributed by atoms with van der Waals surface area (Å²) in [6.07, 6.45) is 4.09. The summed E-state index contributed by atoms with van der Waals surface area (Å²) in [5.41, 5.74) is 2.54. The molecular formula is C24H26N4O3S. The minimum Gasteiger partial charge on any atom is -0.335 e. The molecule has 1 aliphatic carbocycles. The molecule has 1 aliphatic rings. The number of rotatable bonds is 6. The maximum Gasteiger partial charge on any atom is 0.321 e. The number of imide groups is 1. The smallest absolute Gasteiger partial charge is 0.321 e. The van der Waals surface area contributed by atoms with Crippen LogP contribution in [0.2, 0.25) is 0 Å². The van der Waals surface area contributed by atoms with Crippen molar-refractivity contribution >= 4 is 34.6 Å². The molecule has 8 heteroatoms. The van der Waals surface area contributed by atoms with Crippen LogP contribution in [0.4, 0.5) is 4.79 Å². The van der Waals surface area contributed by atoms with Crippen molar-refractivity contribution in [1.29, 1.82) is 0 Å². The highest BCUT2D eigenvalue weighted by molar-refractivity contribution is 7.99. The largest absolute Gasteiger partial charge is 0.335 e. The number of hydrogen-bond acceptors (Lipinski definition) is 5. The predicted molar refractivity (Wildman–Crippen MR) is 126 cm³/mol. The minimum atomic E-state index is -0.467. The van der Waals surface area contributed by atoms with Gasteiger partial charge in [0.15, 0.2) is 5.16 Å². The van der Waals surface area contributed by atoms with Crippen molar-refractivity contribution < 1.29 is 9.59 Å². The van der Waals surface area contributed by atoms with Crippen LogP contribution in [0, 0.1) is 6.92 Å². The van der Waals surface area contributed by atoms with E-state index in [1.54, 1.807) is 16.7 Å². The van der Waals surface area contributed by atoms with E-state index >= 15 is 0 Å². The van der Waals surface area contributed by atoms with Gasteiger partial charge in [-0.05, 0) is 37.5 Å². The Kier molecular flexibility index (Phi) is 6.90. The third-order valence-corrected chi connectivity index (χ3v) is 6.54. The van der Waals surface area contributed by atoms with Gasteiger partial charge in [0.25, 0.3) is 5.56 Å². The number of carbonyl (C=O) groups excluding carboxylic acids is 2. The van der Waals surface area contributed by atoms with Gasteiger partial charge in [-0.3, -0.25) is 19.5 Å². The van der Waals surface area contributed by atoms with Crippen molar-refractivity contribution in [1.82, 2.24) is 20.2 Å². The number of hydrogen-bond donors (Lipinski definition) is 2. The molecule has 4 rings (SSSR count). The zero-order valence-corrected chi connectivity index (χ0v) is 18.8. The maximum absolute atomic E-state index is 13.2. The number of fused-ring (bicyclic) bond motifs is 1. The average molecular weight is 451 g/mol. The summed E-state index contributed by atoms with van der Waals surface area (Å²) in [4.78, 5) is 42.2. The van der Waals surface area contributed by atoms with E-state index in [2.05, 4.69) is 15.6 Å². The Morgan fingerprint density at radius 3 is 2.56 bits per heavy atom. The molecule has 32 heavy (non-hydrogen) atoms. The van der Waals surface area contributed by atoms with Gasteiger partial charge in [-0.2, -0.15) is 0 Å². The highest BCUT2D eigenvalue weighted by Gasteiger charge is 2.19. The molecule has 1 aromatic heterocycles. The molecule has 1 saturated carbocycles. The van der Waals surface area contributed by atoms with Crippen LogP contribution in [0.1, 0.15) is 36.8 Å². The van der Waals surface area contributed by atoms with Gasteiger partial charge in [0.05, 0.1) is 23.2 Å². The second kappa shape index (κ2) is 9.99. The SMILES string of the molecule is Cc1ccc(Cn2c(SCC(=O)NC(=O)NC3CCCC3)nc3ccccc3c2=O)cc1. The Labute approximate surface area is 190 Å². The molecule has 0 atom stereocenters. The molecule has 2 aromatic carbocycles. The third kappa shape index (κ3) is 5.37. The second-order valence-electron chi connectivity index (χ2n) is 8.08. The summed E-state index contributed by atoms with van der Waals surface area (Å²) in [6.45, 7) is 2.36. The number of aryl methyl sites for hydroxylation is 1. The van der Waals surface area contributed by atoms with Crippen molar-refractivity contribution in [3.8, 4) is 0 Å². The Morgan fingerprint density at radius 1 is 1.09 bits per heavy atom. The van der Waals surface area contributed by atoms with Crippen molar-refractivity contribution in [2.75, 3.05) is 5.75 Å². The summed E-state index contributed by atoms with van der Waals surface area (Å²) in [5.74, 6) is -0.439. The number of urea groups is 1. The molecule has 166 valence electrons. The van der Waals surface area contributed by atoms with E-state index in [1.807, 2.05) is 43.3 Å². The van der Waals surface area contributed by atoms with Crippen LogP contribution in [-0.4, -0.2) is 33.3 Å². The molecule has 3 amide bonds. The second-order valence-corrected chi connectivity index (χ2v) is 9.02. The molecule has 0 aliphatic heterocycles. The molecular weight excluding hydrogens is 424 g/mol. The Bertz CT molecular complexity index is 1180. The molecule has 0 bridgehead atoms. The lowest BCUT2D eigenvalue weighted by Gasteiger charge is -2.14. The lowest BCUT2D eigenvalue weighted by atomic mass is 10.1. The molecule has 2 N–H and O–H groups in total. The predicted octanol–water partition coefficient (Wildman–Crippen LogP) is 3.61. The highest BCUT2D eigenvalue weighted by atomic mass is 32.2. The van der Waals surface area contributed by atoms with Crippen LogP contribution < -0.4 is 16.2 Å². The summed E-state index contributed by atoms with van der Waals surface area (Å²) < 4.78 is 1.59. The number of para-hydroxylation sites is 1. The van der Waals surface area contributed by atoms with E-state index in [9.17, 15) is 14.4 Å². The first kappa shape index (κ1) is 22.1. The Morgan fingerprint density at radius 2 is 1.81 bits per heavy atom. The lowest BCUT2D eigenvalue weighted by Crippen LogP contribution is -2.44. The first-order chi connectivity index (χ1) is 15.5. The van der Waals surface area contributed by atoms with E-state index < -0.39 is 11.9 Å². The molecule has 7 nitrogen and oxygen atoms in total. The van der Waals surface area contributed by atoms with Crippen LogP contribution in [-0.2, 0) is 11.3 Å². The van der Waals surface area contributed by atoms with Gasteiger partial charge in [-0.15, -0.1) is 0 Å². The Balaban J connectivity index is 1.51. The van der Waals surface area contributed by atoms with Crippen molar-refractivity contribution in [3.05, 3.63) is 70.0 Å². The quantitative estimate of drug-likeness (QED) is 0.442. The van der Waals surface area contributed by atoms with Gasteiger partial charge in [-0.25, -0.2) is 9.78 Å². The van der Waals surface area contributed by atoms with Crippen LogP contribution in [0.5, 0.6) is 0 Å². The fraction of sp³-hybridized carbons (Fsp3) is 0.333. The van der Waals surface area contributed by atoms with Gasteiger partial charge in [0.2, 0.25) is 5.91 Å². The number of thioether (sulfide) groups is 1. The molecule has 3 aromatic rings. The molecule has 0 saturated heterocycles. The van der Waals surface area contributed by atoms with Crippen LogP contribution in [0.25, 0.3) is 10.9 Å². The van der Waals surface area contributed by atoms with E-state index in [-0.39, 0.29) is 17.4 Å². The number of carbonyl (C=O) groups is 2. The molecule has 1 fully saturated rings.